The average Bonchev–Trinajstić information content (AvgIpc) is 3.30. The summed E-state index contributed by atoms with van der Waals surface area (Å²) >= 11 is 4.64. The van der Waals surface area contributed by atoms with Gasteiger partial charge in [-0.1, -0.05) is 23.9 Å². The molecule has 0 spiro atoms. The van der Waals surface area contributed by atoms with Crippen molar-refractivity contribution in [1.29, 1.82) is 0 Å². The normalized spacial score (nSPS) is 11.1. The number of carbonyl (C=O) groups excluding carboxylic acids is 1. The Kier molecular flexibility index (Phi) is 8.18. The average molecular weight is 571 g/mol. The van der Waals surface area contributed by atoms with Crippen LogP contribution in [0.1, 0.15) is 11.1 Å². The second-order valence-corrected chi connectivity index (χ2v) is 9.06. The first kappa shape index (κ1) is 25.2. The number of fused-ring (bicyclic) bond motifs is 1. The summed E-state index contributed by atoms with van der Waals surface area (Å²) in [5, 5.41) is 15.2. The molecule has 0 atom stereocenters. The summed E-state index contributed by atoms with van der Waals surface area (Å²) in [4.78, 5) is 26.8. The fourth-order valence-electron chi connectivity index (χ4n) is 3.07. The minimum absolute atomic E-state index is 0.0121. The Morgan fingerprint density at radius 2 is 2.03 bits per heavy atom. The lowest BCUT2D eigenvalue weighted by Crippen LogP contribution is -2.19. The Hall–Kier alpha value is -3.90. The second-order valence-electron chi connectivity index (χ2n) is 7.28. The number of halogens is 1. The lowest BCUT2D eigenvalue weighted by atomic mass is 10.2. The minimum atomic E-state index is -0.455. The van der Waals surface area contributed by atoms with E-state index in [1.165, 1.54) is 37.2 Å². The van der Waals surface area contributed by atoms with Gasteiger partial charge in [0.2, 0.25) is 0 Å². The maximum atomic E-state index is 12.1. The zero-order valence-electron chi connectivity index (χ0n) is 18.8. The number of non-ortho nitro benzene ring substituents is 1. The molecule has 0 radical (unpaired) electrons. The molecule has 3 aromatic carbocycles. The molecule has 0 saturated heterocycles. The highest BCUT2D eigenvalue weighted by Gasteiger charge is 2.13. The number of carbonyl (C=O) groups is 1. The Labute approximate surface area is 218 Å². The van der Waals surface area contributed by atoms with Gasteiger partial charge in [-0.2, -0.15) is 5.10 Å². The van der Waals surface area contributed by atoms with Gasteiger partial charge in [0.05, 0.1) is 28.5 Å². The maximum Gasteiger partial charge on any atom is 0.269 e. The van der Waals surface area contributed by atoms with Crippen LogP contribution in [0.3, 0.4) is 0 Å². The van der Waals surface area contributed by atoms with Crippen LogP contribution in [0.5, 0.6) is 11.5 Å². The SMILES string of the molecule is COc1cc(/C=N\NC(=O)CSc2nc3ccccc3o2)cc(Br)c1OCc1ccc([N+](=O)[O-])cc1. The Morgan fingerprint density at radius 1 is 1.25 bits per heavy atom. The van der Waals surface area contributed by atoms with Crippen molar-refractivity contribution in [2.75, 3.05) is 12.9 Å². The second kappa shape index (κ2) is 11.7. The van der Waals surface area contributed by atoms with Gasteiger partial charge in [-0.25, -0.2) is 10.4 Å². The van der Waals surface area contributed by atoms with E-state index in [9.17, 15) is 14.9 Å². The van der Waals surface area contributed by atoms with E-state index in [1.807, 2.05) is 24.3 Å². The van der Waals surface area contributed by atoms with Crippen LogP contribution in [-0.2, 0) is 11.4 Å². The van der Waals surface area contributed by atoms with E-state index < -0.39 is 4.92 Å². The predicted molar refractivity (Wildman–Crippen MR) is 139 cm³/mol. The molecular formula is C24H19BrN4O6S. The molecule has 1 heterocycles. The molecule has 0 aliphatic carbocycles. The quantitative estimate of drug-likeness (QED) is 0.117. The first-order valence-electron chi connectivity index (χ1n) is 10.5. The molecule has 36 heavy (non-hydrogen) atoms. The molecular weight excluding hydrogens is 552 g/mol. The highest BCUT2D eigenvalue weighted by atomic mass is 79.9. The van der Waals surface area contributed by atoms with Gasteiger partial charge in [0.25, 0.3) is 16.8 Å². The molecule has 0 aliphatic rings. The van der Waals surface area contributed by atoms with Gasteiger partial charge in [-0.15, -0.1) is 0 Å². The van der Waals surface area contributed by atoms with Crippen molar-refractivity contribution in [3.8, 4) is 11.5 Å². The Bertz CT molecular complexity index is 1390. The van der Waals surface area contributed by atoms with Gasteiger partial charge in [0.15, 0.2) is 17.1 Å². The Balaban J connectivity index is 1.32. The molecule has 4 aromatic rings. The van der Waals surface area contributed by atoms with Gasteiger partial charge in [-0.05, 0) is 63.5 Å². The maximum absolute atomic E-state index is 12.1. The van der Waals surface area contributed by atoms with E-state index in [0.717, 1.165) is 11.1 Å². The van der Waals surface area contributed by atoms with Crippen molar-refractivity contribution in [3.05, 3.63) is 86.4 Å². The van der Waals surface area contributed by atoms with Crippen LogP contribution in [0.15, 0.2) is 79.9 Å². The number of hydrogen-bond donors (Lipinski definition) is 1. The van der Waals surface area contributed by atoms with Gasteiger partial charge >= 0.3 is 0 Å². The number of nitro benzene ring substituents is 1. The molecule has 0 aliphatic heterocycles. The van der Waals surface area contributed by atoms with E-state index in [4.69, 9.17) is 13.9 Å². The summed E-state index contributed by atoms with van der Waals surface area (Å²) < 4.78 is 17.5. The molecule has 184 valence electrons. The molecule has 0 fully saturated rings. The fraction of sp³-hybridized carbons (Fsp3) is 0.125. The van der Waals surface area contributed by atoms with Crippen LogP contribution < -0.4 is 14.9 Å². The number of nitro groups is 1. The minimum Gasteiger partial charge on any atom is -0.493 e. The van der Waals surface area contributed by atoms with Gasteiger partial charge < -0.3 is 13.9 Å². The van der Waals surface area contributed by atoms with Crippen molar-refractivity contribution in [3.63, 3.8) is 0 Å². The van der Waals surface area contributed by atoms with Crippen LogP contribution in [0.2, 0.25) is 0 Å². The van der Waals surface area contributed by atoms with Crippen molar-refractivity contribution < 1.29 is 23.6 Å². The number of benzene rings is 3. The van der Waals surface area contributed by atoms with Crippen molar-refractivity contribution in [2.45, 2.75) is 11.8 Å². The fourth-order valence-corrected chi connectivity index (χ4v) is 4.28. The van der Waals surface area contributed by atoms with Crippen LogP contribution in [-0.4, -0.2) is 34.9 Å². The summed E-state index contributed by atoms with van der Waals surface area (Å²) in [6, 6.07) is 16.9. The third-order valence-electron chi connectivity index (χ3n) is 4.79. The summed E-state index contributed by atoms with van der Waals surface area (Å²) in [5.41, 5.74) is 5.31. The monoisotopic (exact) mass is 570 g/mol. The first-order valence-corrected chi connectivity index (χ1v) is 12.2. The predicted octanol–water partition coefficient (Wildman–Crippen LogP) is 5.33. The molecule has 0 unspecified atom stereocenters. The number of methoxy groups -OCH3 is 1. The van der Waals surface area contributed by atoms with E-state index in [0.29, 0.717) is 32.3 Å². The number of thioether (sulfide) groups is 1. The van der Waals surface area contributed by atoms with Crippen LogP contribution >= 0.6 is 27.7 Å². The number of nitrogens with zero attached hydrogens (tertiary/aromatic N) is 3. The van der Waals surface area contributed by atoms with Crippen LogP contribution in [0.4, 0.5) is 5.69 Å². The first-order chi connectivity index (χ1) is 17.4. The number of oxazole rings is 1. The highest BCUT2D eigenvalue weighted by Crippen LogP contribution is 2.37. The third kappa shape index (κ3) is 6.40. The van der Waals surface area contributed by atoms with Gasteiger partial charge in [-0.3, -0.25) is 14.9 Å². The molecule has 12 heteroatoms. The van der Waals surface area contributed by atoms with E-state index in [-0.39, 0.29) is 24.0 Å². The van der Waals surface area contributed by atoms with Crippen molar-refractivity contribution in [1.82, 2.24) is 10.4 Å². The zero-order valence-corrected chi connectivity index (χ0v) is 21.2. The summed E-state index contributed by atoms with van der Waals surface area (Å²) in [5.74, 6) is 0.692. The van der Waals surface area contributed by atoms with E-state index in [1.54, 1.807) is 24.3 Å². The Morgan fingerprint density at radius 3 is 2.75 bits per heavy atom. The lowest BCUT2D eigenvalue weighted by Gasteiger charge is -2.13. The van der Waals surface area contributed by atoms with Crippen molar-refractivity contribution >= 4 is 56.6 Å². The number of hydrogen-bond acceptors (Lipinski definition) is 9. The number of amides is 1. The summed E-state index contributed by atoms with van der Waals surface area (Å²) in [6.07, 6.45) is 1.48. The topological polar surface area (TPSA) is 129 Å². The molecule has 1 aromatic heterocycles. The number of hydrazone groups is 1. The summed E-state index contributed by atoms with van der Waals surface area (Å²) in [6.45, 7) is 0.189. The number of rotatable bonds is 10. The number of aromatic nitrogens is 1. The zero-order chi connectivity index (χ0) is 25.5. The molecule has 1 amide bonds. The largest absolute Gasteiger partial charge is 0.493 e. The highest BCUT2D eigenvalue weighted by molar-refractivity contribution is 9.10. The molecule has 0 bridgehead atoms. The van der Waals surface area contributed by atoms with E-state index >= 15 is 0 Å². The van der Waals surface area contributed by atoms with Crippen LogP contribution in [0, 0.1) is 10.1 Å². The summed E-state index contributed by atoms with van der Waals surface area (Å²) in [7, 11) is 1.51. The molecule has 10 nitrogen and oxygen atoms in total. The number of nitrogens with one attached hydrogen (secondary N) is 1. The lowest BCUT2D eigenvalue weighted by molar-refractivity contribution is -0.384. The molecule has 1 N–H and O–H groups in total. The smallest absolute Gasteiger partial charge is 0.269 e. The van der Waals surface area contributed by atoms with Gasteiger partial charge in [0, 0.05) is 12.1 Å². The molecule has 0 saturated carbocycles. The number of ether oxygens (including phenoxy) is 2. The van der Waals surface area contributed by atoms with E-state index in [2.05, 4.69) is 31.4 Å². The van der Waals surface area contributed by atoms with Crippen molar-refractivity contribution in [2.24, 2.45) is 5.10 Å². The molecule has 4 rings (SSSR count). The standard InChI is InChI=1S/C24H19BrN4O6S/c1-33-21-11-16(10-18(25)23(21)34-13-15-6-8-17(9-7-15)29(31)32)12-26-28-22(30)14-36-24-27-19-4-2-3-5-20(19)35-24/h2-12H,13-14H2,1H3,(H,28,30)/b26-12-. The van der Waals surface area contributed by atoms with Gasteiger partial charge in [0.1, 0.15) is 12.1 Å². The van der Waals surface area contributed by atoms with Crippen LogP contribution in [0.25, 0.3) is 11.1 Å². The number of para-hydroxylation sites is 2. The third-order valence-corrected chi connectivity index (χ3v) is 6.20.